The van der Waals surface area contributed by atoms with E-state index < -0.39 is 5.97 Å². The number of rotatable bonds is 5. The van der Waals surface area contributed by atoms with Crippen molar-refractivity contribution in [3.63, 3.8) is 0 Å². The van der Waals surface area contributed by atoms with Crippen LogP contribution in [0.4, 0.5) is 5.82 Å². The Morgan fingerprint density at radius 3 is 3.07 bits per heavy atom. The van der Waals surface area contributed by atoms with E-state index in [0.717, 1.165) is 0 Å². The molecule has 2 N–H and O–H groups in total. The summed E-state index contributed by atoms with van der Waals surface area (Å²) in [6, 6.07) is 1.60. The van der Waals surface area contributed by atoms with E-state index >= 15 is 0 Å². The molecule has 0 aromatic carbocycles. The van der Waals surface area contributed by atoms with Gasteiger partial charge in [0.25, 0.3) is 0 Å². The number of aromatic nitrogens is 2. The standard InChI is InChI=1S/C8H11N3O3/c1-14-7-4-6(10-5-11-7)9-3-2-8(12)13/h4-5H,2-3H2,1H3,(H,12,13)(H,9,10,11). The van der Waals surface area contributed by atoms with E-state index in [-0.39, 0.29) is 6.42 Å². The third-order valence-electron chi connectivity index (χ3n) is 1.50. The Bertz CT molecular complexity index is 316. The number of anilines is 1. The molecule has 1 heterocycles. The lowest BCUT2D eigenvalue weighted by Crippen LogP contribution is -2.08. The normalized spacial score (nSPS) is 9.50. The molecule has 0 fully saturated rings. The van der Waals surface area contributed by atoms with E-state index in [9.17, 15) is 4.79 Å². The molecule has 0 amide bonds. The van der Waals surface area contributed by atoms with Crippen LogP contribution in [0.25, 0.3) is 0 Å². The number of carboxylic acid groups (broad SMARTS) is 1. The zero-order valence-corrected chi connectivity index (χ0v) is 7.73. The van der Waals surface area contributed by atoms with Gasteiger partial charge in [0.05, 0.1) is 13.5 Å². The summed E-state index contributed by atoms with van der Waals surface area (Å²) in [5.74, 6) is 0.148. The highest BCUT2D eigenvalue weighted by molar-refractivity contribution is 5.67. The van der Waals surface area contributed by atoms with Crippen LogP contribution in [0.2, 0.25) is 0 Å². The average Bonchev–Trinajstić information content (AvgIpc) is 2.18. The van der Waals surface area contributed by atoms with Crippen LogP contribution in [0.5, 0.6) is 5.88 Å². The molecule has 1 aromatic rings. The van der Waals surface area contributed by atoms with E-state index in [0.29, 0.717) is 18.2 Å². The molecule has 0 aliphatic rings. The Hall–Kier alpha value is -1.85. The van der Waals surface area contributed by atoms with Gasteiger partial charge in [-0.25, -0.2) is 9.97 Å². The van der Waals surface area contributed by atoms with Crippen LogP contribution < -0.4 is 10.1 Å². The Kier molecular flexibility index (Phi) is 3.66. The minimum absolute atomic E-state index is 0.0479. The lowest BCUT2D eigenvalue weighted by atomic mass is 10.4. The molecule has 1 aromatic heterocycles. The van der Waals surface area contributed by atoms with Crippen molar-refractivity contribution >= 4 is 11.8 Å². The van der Waals surface area contributed by atoms with E-state index in [2.05, 4.69) is 15.3 Å². The smallest absolute Gasteiger partial charge is 0.305 e. The molecule has 6 heteroatoms. The minimum Gasteiger partial charge on any atom is -0.481 e. The monoisotopic (exact) mass is 197 g/mol. The molecule has 0 aliphatic carbocycles. The molecule has 14 heavy (non-hydrogen) atoms. The van der Waals surface area contributed by atoms with E-state index in [4.69, 9.17) is 9.84 Å². The lowest BCUT2D eigenvalue weighted by molar-refractivity contribution is -0.136. The summed E-state index contributed by atoms with van der Waals surface area (Å²) < 4.78 is 4.87. The molecule has 0 aliphatic heterocycles. The van der Waals surface area contributed by atoms with Crippen molar-refractivity contribution in [1.82, 2.24) is 9.97 Å². The van der Waals surface area contributed by atoms with Crippen LogP contribution in [0, 0.1) is 0 Å². The second-order valence-corrected chi connectivity index (χ2v) is 2.52. The van der Waals surface area contributed by atoms with Gasteiger partial charge in [-0.2, -0.15) is 0 Å². The van der Waals surface area contributed by atoms with Gasteiger partial charge in [-0.05, 0) is 0 Å². The fourth-order valence-electron chi connectivity index (χ4n) is 0.845. The van der Waals surface area contributed by atoms with Gasteiger partial charge in [0.2, 0.25) is 5.88 Å². The van der Waals surface area contributed by atoms with E-state index in [1.807, 2.05) is 0 Å². The summed E-state index contributed by atoms with van der Waals surface area (Å²) in [5, 5.41) is 11.2. The number of aliphatic carboxylic acids is 1. The summed E-state index contributed by atoms with van der Waals surface area (Å²) in [6.07, 6.45) is 1.40. The number of ether oxygens (including phenoxy) is 1. The van der Waals surface area contributed by atoms with Crippen LogP contribution in [0.1, 0.15) is 6.42 Å². The third-order valence-corrected chi connectivity index (χ3v) is 1.50. The van der Waals surface area contributed by atoms with Crippen LogP contribution in [0.15, 0.2) is 12.4 Å². The molecule has 0 atom stereocenters. The van der Waals surface area contributed by atoms with Crippen molar-refractivity contribution in [2.24, 2.45) is 0 Å². The fraction of sp³-hybridized carbons (Fsp3) is 0.375. The molecular weight excluding hydrogens is 186 g/mol. The molecule has 0 spiro atoms. The van der Waals surface area contributed by atoms with Gasteiger partial charge in [-0.15, -0.1) is 0 Å². The molecule has 76 valence electrons. The summed E-state index contributed by atoms with van der Waals surface area (Å²) in [7, 11) is 1.50. The third kappa shape index (κ3) is 3.26. The number of hydrogen-bond donors (Lipinski definition) is 2. The van der Waals surface area contributed by atoms with Crippen LogP contribution >= 0.6 is 0 Å². The minimum atomic E-state index is -0.849. The van der Waals surface area contributed by atoms with Gasteiger partial charge in [-0.1, -0.05) is 0 Å². The van der Waals surface area contributed by atoms with Gasteiger partial charge < -0.3 is 15.2 Å². The van der Waals surface area contributed by atoms with Gasteiger partial charge in [0, 0.05) is 12.6 Å². The summed E-state index contributed by atoms with van der Waals surface area (Å²) in [5.41, 5.74) is 0. The molecule has 0 saturated carbocycles. The summed E-state index contributed by atoms with van der Waals surface area (Å²) in [6.45, 7) is 0.329. The van der Waals surface area contributed by atoms with Crippen molar-refractivity contribution in [2.45, 2.75) is 6.42 Å². The summed E-state index contributed by atoms with van der Waals surface area (Å²) >= 11 is 0. The van der Waals surface area contributed by atoms with Crippen molar-refractivity contribution in [2.75, 3.05) is 19.0 Å². The number of hydrogen-bond acceptors (Lipinski definition) is 5. The lowest BCUT2D eigenvalue weighted by Gasteiger charge is -2.04. The highest BCUT2D eigenvalue weighted by atomic mass is 16.5. The molecule has 0 unspecified atom stereocenters. The first-order valence-electron chi connectivity index (χ1n) is 4.04. The highest BCUT2D eigenvalue weighted by Gasteiger charge is 1.99. The maximum atomic E-state index is 10.2. The number of nitrogens with zero attached hydrogens (tertiary/aromatic N) is 2. The zero-order valence-electron chi connectivity index (χ0n) is 7.73. The zero-order chi connectivity index (χ0) is 10.4. The largest absolute Gasteiger partial charge is 0.481 e. The fourth-order valence-corrected chi connectivity index (χ4v) is 0.845. The molecular formula is C8H11N3O3. The maximum absolute atomic E-state index is 10.2. The molecule has 0 saturated heterocycles. The number of carbonyl (C=O) groups is 1. The Labute approximate surface area is 80.9 Å². The molecule has 1 rings (SSSR count). The first kappa shape index (κ1) is 10.2. The average molecular weight is 197 g/mol. The number of methoxy groups -OCH3 is 1. The first-order valence-corrected chi connectivity index (χ1v) is 4.04. The van der Waals surface area contributed by atoms with Crippen molar-refractivity contribution < 1.29 is 14.6 Å². The Morgan fingerprint density at radius 1 is 1.64 bits per heavy atom. The van der Waals surface area contributed by atoms with Crippen LogP contribution in [-0.4, -0.2) is 34.7 Å². The van der Waals surface area contributed by atoms with Gasteiger partial charge in [-0.3, -0.25) is 4.79 Å². The number of nitrogens with one attached hydrogen (secondary N) is 1. The van der Waals surface area contributed by atoms with Crippen molar-refractivity contribution in [3.8, 4) is 5.88 Å². The SMILES string of the molecule is COc1cc(NCCC(=O)O)ncn1. The van der Waals surface area contributed by atoms with Crippen LogP contribution in [0.3, 0.4) is 0 Å². The predicted octanol–water partition coefficient (Wildman–Crippen LogP) is 0.372. The van der Waals surface area contributed by atoms with Crippen LogP contribution in [-0.2, 0) is 4.79 Å². The van der Waals surface area contributed by atoms with Gasteiger partial charge in [0.1, 0.15) is 12.1 Å². The highest BCUT2D eigenvalue weighted by Crippen LogP contribution is 2.09. The van der Waals surface area contributed by atoms with Gasteiger partial charge >= 0.3 is 5.97 Å². The van der Waals surface area contributed by atoms with Gasteiger partial charge in [0.15, 0.2) is 0 Å². The Morgan fingerprint density at radius 2 is 2.43 bits per heavy atom. The number of carboxylic acids is 1. The second-order valence-electron chi connectivity index (χ2n) is 2.52. The maximum Gasteiger partial charge on any atom is 0.305 e. The predicted molar refractivity (Wildman–Crippen MR) is 49.3 cm³/mol. The van der Waals surface area contributed by atoms with Crippen molar-refractivity contribution in [1.29, 1.82) is 0 Å². The topological polar surface area (TPSA) is 84.3 Å². The first-order chi connectivity index (χ1) is 6.72. The quantitative estimate of drug-likeness (QED) is 0.709. The molecule has 0 radical (unpaired) electrons. The molecule has 0 bridgehead atoms. The van der Waals surface area contributed by atoms with E-state index in [1.165, 1.54) is 13.4 Å². The van der Waals surface area contributed by atoms with Crippen molar-refractivity contribution in [3.05, 3.63) is 12.4 Å². The Balaban J connectivity index is 2.46. The second kappa shape index (κ2) is 5.00. The molecule has 6 nitrogen and oxygen atoms in total. The van der Waals surface area contributed by atoms with E-state index in [1.54, 1.807) is 6.07 Å². The summed E-state index contributed by atoms with van der Waals surface area (Å²) in [4.78, 5) is 17.9.